The molecule has 0 saturated carbocycles. The van der Waals surface area contributed by atoms with Crippen LogP contribution in [0, 0.1) is 0 Å². The summed E-state index contributed by atoms with van der Waals surface area (Å²) in [6.07, 6.45) is 5.78. The third-order valence-corrected chi connectivity index (χ3v) is 6.78. The Morgan fingerprint density at radius 2 is 1.77 bits per heavy atom. The van der Waals surface area contributed by atoms with E-state index in [0.29, 0.717) is 11.4 Å². The van der Waals surface area contributed by atoms with E-state index < -0.39 is 0 Å². The maximum atomic E-state index is 12.4. The molecule has 1 saturated heterocycles. The number of carbonyl (C=O) groups is 1. The average Bonchev–Trinajstić information content (AvgIpc) is 3.27. The van der Waals surface area contributed by atoms with E-state index in [-0.39, 0.29) is 11.3 Å². The number of nitrogens with zero attached hydrogens (tertiary/aromatic N) is 2. The first kappa shape index (κ1) is 19.4. The monoisotopic (exact) mass is 419 g/mol. The maximum absolute atomic E-state index is 12.4. The van der Waals surface area contributed by atoms with Crippen LogP contribution >= 0.6 is 11.6 Å². The Morgan fingerprint density at radius 3 is 2.57 bits per heavy atom. The maximum Gasteiger partial charge on any atom is 0.162 e. The lowest BCUT2D eigenvalue weighted by Crippen LogP contribution is -2.49. The fraction of sp³-hybridized carbons (Fsp3) is 0.320. The number of para-hydroxylation sites is 2. The number of ketones is 1. The number of piperidine rings is 1. The highest BCUT2D eigenvalue weighted by atomic mass is 35.5. The molecule has 0 aliphatic carbocycles. The fourth-order valence-corrected chi connectivity index (χ4v) is 5.00. The van der Waals surface area contributed by atoms with E-state index in [4.69, 9.17) is 11.6 Å². The molecule has 2 aromatic carbocycles. The molecule has 1 N–H and O–H groups in total. The van der Waals surface area contributed by atoms with Gasteiger partial charge in [0.05, 0.1) is 16.9 Å². The number of likely N-dealkylation sites (tertiary alicyclic amines) is 1. The predicted octanol–water partition coefficient (Wildman–Crippen LogP) is 5.51. The number of aromatic nitrogens is 1. The summed E-state index contributed by atoms with van der Waals surface area (Å²) in [5.41, 5.74) is 4.55. The van der Waals surface area contributed by atoms with Crippen LogP contribution in [0.1, 0.15) is 41.7 Å². The first-order valence-electron chi connectivity index (χ1n) is 10.7. The van der Waals surface area contributed by atoms with E-state index in [1.807, 2.05) is 12.1 Å². The van der Waals surface area contributed by atoms with Gasteiger partial charge in [-0.3, -0.25) is 4.79 Å². The van der Waals surface area contributed by atoms with Crippen molar-refractivity contribution >= 4 is 23.1 Å². The lowest BCUT2D eigenvalue weighted by atomic mass is 9.82. The van der Waals surface area contributed by atoms with Gasteiger partial charge < -0.3 is 14.8 Å². The minimum atomic E-state index is -0.00647. The largest absolute Gasteiger partial charge is 0.372 e. The highest BCUT2D eigenvalue weighted by molar-refractivity contribution is 6.30. The van der Waals surface area contributed by atoms with Gasteiger partial charge in [-0.1, -0.05) is 23.7 Å². The number of nitrogens with one attached hydrogen (secondary N) is 1. The van der Waals surface area contributed by atoms with Gasteiger partial charge in [-0.25, -0.2) is 0 Å². The Morgan fingerprint density at radius 1 is 1.00 bits per heavy atom. The first-order valence-corrected chi connectivity index (χ1v) is 11.1. The van der Waals surface area contributed by atoms with Crippen LogP contribution in [0.5, 0.6) is 0 Å². The number of benzene rings is 2. The van der Waals surface area contributed by atoms with Crippen molar-refractivity contribution in [3.8, 4) is 5.69 Å². The molecule has 154 valence electrons. The van der Waals surface area contributed by atoms with E-state index in [1.165, 1.54) is 17.1 Å². The molecule has 0 bridgehead atoms. The van der Waals surface area contributed by atoms with Crippen LogP contribution in [-0.2, 0) is 5.54 Å². The van der Waals surface area contributed by atoms with Gasteiger partial charge in [0.2, 0.25) is 0 Å². The van der Waals surface area contributed by atoms with Gasteiger partial charge in [0.25, 0.3) is 0 Å². The lowest BCUT2D eigenvalue weighted by molar-refractivity contribution is 0.0968. The molecule has 3 aromatic rings. The van der Waals surface area contributed by atoms with Gasteiger partial charge in [-0.15, -0.1) is 0 Å². The molecule has 30 heavy (non-hydrogen) atoms. The van der Waals surface area contributed by atoms with E-state index in [9.17, 15) is 4.79 Å². The summed E-state index contributed by atoms with van der Waals surface area (Å²) in [7, 11) is 0. The Bertz CT molecular complexity index is 1050. The Labute approximate surface area is 182 Å². The molecule has 0 amide bonds. The predicted molar refractivity (Wildman–Crippen MR) is 122 cm³/mol. The molecule has 1 fully saturated rings. The first-order chi connectivity index (χ1) is 14.6. The van der Waals surface area contributed by atoms with E-state index >= 15 is 0 Å². The molecule has 0 atom stereocenters. The van der Waals surface area contributed by atoms with Gasteiger partial charge in [-0.2, -0.15) is 0 Å². The van der Waals surface area contributed by atoms with Crippen LogP contribution in [0.25, 0.3) is 5.69 Å². The van der Waals surface area contributed by atoms with Crippen molar-refractivity contribution in [3.05, 3.63) is 83.1 Å². The molecule has 0 radical (unpaired) electrons. The number of carbonyl (C=O) groups excluding carboxylic acids is 1. The number of halogens is 1. The lowest BCUT2D eigenvalue weighted by Gasteiger charge is -2.46. The average molecular weight is 420 g/mol. The SMILES string of the molecule is O=C(CCCN1CCC2(CC1)Nc1ccccc1-n1cccc12)c1ccc(Cl)cc1. The van der Waals surface area contributed by atoms with Crippen LogP contribution < -0.4 is 5.32 Å². The van der Waals surface area contributed by atoms with Gasteiger partial charge in [0.15, 0.2) is 5.78 Å². The molecule has 2 aliphatic rings. The van der Waals surface area contributed by atoms with Gasteiger partial charge in [-0.05, 0) is 74.3 Å². The van der Waals surface area contributed by atoms with Crippen LogP contribution in [-0.4, -0.2) is 34.9 Å². The Kier molecular flexibility index (Phi) is 5.13. The molecule has 4 nitrogen and oxygen atoms in total. The second-order valence-corrected chi connectivity index (χ2v) is 8.80. The van der Waals surface area contributed by atoms with E-state index in [1.54, 1.807) is 12.1 Å². The minimum Gasteiger partial charge on any atom is -0.372 e. The zero-order valence-electron chi connectivity index (χ0n) is 17.0. The second-order valence-electron chi connectivity index (χ2n) is 8.36. The smallest absolute Gasteiger partial charge is 0.162 e. The van der Waals surface area contributed by atoms with Crippen molar-refractivity contribution in [1.29, 1.82) is 0 Å². The molecule has 5 rings (SSSR count). The van der Waals surface area contributed by atoms with Crippen LogP contribution in [0.2, 0.25) is 5.02 Å². The number of Topliss-reactive ketones (excluding diaryl/α,β-unsaturated/α-hetero) is 1. The van der Waals surface area contributed by atoms with Crippen LogP contribution in [0.3, 0.4) is 0 Å². The van der Waals surface area contributed by atoms with Crippen molar-refractivity contribution in [2.45, 2.75) is 31.2 Å². The quantitative estimate of drug-likeness (QED) is 0.554. The number of fused-ring (bicyclic) bond motifs is 4. The molecule has 3 heterocycles. The van der Waals surface area contributed by atoms with Gasteiger partial charge in [0, 0.05) is 42.0 Å². The molecular formula is C25H26ClN3O. The highest BCUT2D eigenvalue weighted by Gasteiger charge is 2.41. The van der Waals surface area contributed by atoms with Crippen molar-refractivity contribution in [1.82, 2.24) is 9.47 Å². The standard InChI is InChI=1S/C25H26ClN3O/c26-20-11-9-19(10-12-20)23(30)7-3-15-28-17-13-25(14-18-28)24-8-4-16-29(24)22-6-2-1-5-21(22)27-25/h1-2,4-6,8-12,16,27H,3,7,13-15,17-18H2. The zero-order valence-corrected chi connectivity index (χ0v) is 17.7. The second kappa shape index (κ2) is 7.93. The van der Waals surface area contributed by atoms with E-state index in [0.717, 1.165) is 44.5 Å². The topological polar surface area (TPSA) is 37.3 Å². The fourth-order valence-electron chi connectivity index (χ4n) is 4.88. The summed E-state index contributed by atoms with van der Waals surface area (Å²) >= 11 is 5.91. The van der Waals surface area contributed by atoms with Crippen molar-refractivity contribution in [3.63, 3.8) is 0 Å². The molecule has 0 unspecified atom stereocenters. The molecular weight excluding hydrogens is 394 g/mol. The number of anilines is 1. The summed E-state index contributed by atoms with van der Waals surface area (Å²) in [5.74, 6) is 0.198. The molecule has 5 heteroatoms. The molecule has 2 aliphatic heterocycles. The third kappa shape index (κ3) is 3.55. The third-order valence-electron chi connectivity index (χ3n) is 6.53. The number of rotatable bonds is 5. The van der Waals surface area contributed by atoms with Crippen molar-refractivity contribution in [2.24, 2.45) is 0 Å². The molecule has 1 aromatic heterocycles. The Balaban J connectivity index is 1.19. The van der Waals surface area contributed by atoms with E-state index in [2.05, 4.69) is 57.4 Å². The summed E-state index contributed by atoms with van der Waals surface area (Å²) in [5, 5.41) is 4.53. The van der Waals surface area contributed by atoms with Crippen LogP contribution in [0.15, 0.2) is 66.9 Å². The van der Waals surface area contributed by atoms with Gasteiger partial charge in [0.1, 0.15) is 0 Å². The van der Waals surface area contributed by atoms with Crippen molar-refractivity contribution < 1.29 is 4.79 Å². The zero-order chi connectivity index (χ0) is 20.6. The summed E-state index contributed by atoms with van der Waals surface area (Å²) in [6.45, 7) is 3.04. The number of hydrogen-bond acceptors (Lipinski definition) is 3. The van der Waals surface area contributed by atoms with Crippen LogP contribution in [0.4, 0.5) is 5.69 Å². The minimum absolute atomic E-state index is 0.00647. The summed E-state index contributed by atoms with van der Waals surface area (Å²) in [4.78, 5) is 14.9. The summed E-state index contributed by atoms with van der Waals surface area (Å²) in [6, 6.07) is 20.1. The number of hydrogen-bond donors (Lipinski definition) is 1. The molecule has 1 spiro atoms. The highest BCUT2D eigenvalue weighted by Crippen LogP contribution is 2.43. The normalized spacial score (nSPS) is 17.2. The van der Waals surface area contributed by atoms with Gasteiger partial charge >= 0.3 is 0 Å². The van der Waals surface area contributed by atoms with Crippen molar-refractivity contribution in [2.75, 3.05) is 25.0 Å². The Hall–Kier alpha value is -2.56. The summed E-state index contributed by atoms with van der Waals surface area (Å²) < 4.78 is 2.34.